The van der Waals surface area contributed by atoms with Crippen molar-refractivity contribution in [2.75, 3.05) is 19.7 Å². The number of rotatable bonds is 6. The maximum absolute atomic E-state index is 5.62. The number of nitrogens with zero attached hydrogens (tertiary/aromatic N) is 1. The van der Waals surface area contributed by atoms with E-state index in [1.807, 2.05) is 36.4 Å². The Labute approximate surface area is 101 Å². The number of pyridine rings is 1. The minimum atomic E-state index is 0.645. The summed E-state index contributed by atoms with van der Waals surface area (Å²) in [5, 5.41) is 4.31. The van der Waals surface area contributed by atoms with Crippen LogP contribution in [0.5, 0.6) is 5.75 Å². The van der Waals surface area contributed by atoms with Crippen molar-refractivity contribution in [2.45, 2.75) is 0 Å². The van der Waals surface area contributed by atoms with E-state index in [1.165, 1.54) is 0 Å². The van der Waals surface area contributed by atoms with Gasteiger partial charge in [-0.25, -0.2) is 0 Å². The molecule has 0 aliphatic rings. The highest BCUT2D eigenvalue weighted by atomic mass is 16.5. The standard InChI is InChI=1S/C14H16N2O/c1-2-7-15-9-10-17-13-6-5-12-4-3-8-16-14(12)11-13/h2-6,8,11,15H,1,7,9-10H2. The zero-order valence-electron chi connectivity index (χ0n) is 9.73. The maximum Gasteiger partial charge on any atom is 0.121 e. The molecule has 0 saturated heterocycles. The summed E-state index contributed by atoms with van der Waals surface area (Å²) < 4.78 is 5.62. The highest BCUT2D eigenvalue weighted by Gasteiger charge is 1.97. The van der Waals surface area contributed by atoms with Crippen molar-refractivity contribution in [1.29, 1.82) is 0 Å². The van der Waals surface area contributed by atoms with Gasteiger partial charge in [-0.1, -0.05) is 12.1 Å². The van der Waals surface area contributed by atoms with Crippen LogP contribution in [-0.4, -0.2) is 24.7 Å². The van der Waals surface area contributed by atoms with Gasteiger partial charge in [0.25, 0.3) is 0 Å². The number of fused-ring (bicyclic) bond motifs is 1. The molecule has 2 rings (SSSR count). The first-order valence-corrected chi connectivity index (χ1v) is 5.69. The lowest BCUT2D eigenvalue weighted by Gasteiger charge is -2.07. The summed E-state index contributed by atoms with van der Waals surface area (Å²) >= 11 is 0. The van der Waals surface area contributed by atoms with Crippen molar-refractivity contribution in [3.05, 3.63) is 49.2 Å². The Hall–Kier alpha value is -1.87. The molecule has 0 saturated carbocycles. The van der Waals surface area contributed by atoms with Gasteiger partial charge in [0.15, 0.2) is 0 Å². The molecule has 0 radical (unpaired) electrons. The number of nitrogens with one attached hydrogen (secondary N) is 1. The average Bonchev–Trinajstić information content (AvgIpc) is 2.38. The molecule has 88 valence electrons. The molecular weight excluding hydrogens is 212 g/mol. The van der Waals surface area contributed by atoms with E-state index in [2.05, 4.69) is 16.9 Å². The van der Waals surface area contributed by atoms with E-state index in [0.717, 1.165) is 29.7 Å². The summed E-state index contributed by atoms with van der Waals surface area (Å²) in [7, 11) is 0. The third kappa shape index (κ3) is 3.29. The van der Waals surface area contributed by atoms with E-state index in [0.29, 0.717) is 6.61 Å². The molecule has 0 spiro atoms. The first kappa shape index (κ1) is 11.6. The van der Waals surface area contributed by atoms with Gasteiger partial charge < -0.3 is 10.1 Å². The lowest BCUT2D eigenvalue weighted by molar-refractivity contribution is 0.317. The van der Waals surface area contributed by atoms with E-state index in [4.69, 9.17) is 4.74 Å². The van der Waals surface area contributed by atoms with Gasteiger partial charge in [-0.05, 0) is 18.2 Å². The molecule has 1 aromatic carbocycles. The molecule has 0 aliphatic heterocycles. The molecule has 2 aromatic rings. The molecule has 0 unspecified atom stereocenters. The predicted molar refractivity (Wildman–Crippen MR) is 70.3 cm³/mol. The van der Waals surface area contributed by atoms with Crippen molar-refractivity contribution in [3.63, 3.8) is 0 Å². The smallest absolute Gasteiger partial charge is 0.121 e. The molecular formula is C14H16N2O. The Morgan fingerprint density at radius 2 is 2.29 bits per heavy atom. The molecule has 0 bridgehead atoms. The minimum absolute atomic E-state index is 0.645. The fourth-order valence-electron chi connectivity index (χ4n) is 1.58. The van der Waals surface area contributed by atoms with Gasteiger partial charge in [0.1, 0.15) is 12.4 Å². The second-order valence-corrected chi connectivity index (χ2v) is 3.70. The highest BCUT2D eigenvalue weighted by molar-refractivity contribution is 5.79. The number of benzene rings is 1. The van der Waals surface area contributed by atoms with E-state index < -0.39 is 0 Å². The van der Waals surface area contributed by atoms with Gasteiger partial charge in [0, 0.05) is 30.7 Å². The van der Waals surface area contributed by atoms with Gasteiger partial charge in [0.2, 0.25) is 0 Å². The van der Waals surface area contributed by atoms with Gasteiger partial charge in [-0.3, -0.25) is 4.98 Å². The van der Waals surface area contributed by atoms with Crippen LogP contribution in [0, 0.1) is 0 Å². The number of hydrogen-bond donors (Lipinski definition) is 1. The third-order valence-corrected chi connectivity index (χ3v) is 2.41. The Balaban J connectivity index is 1.92. The summed E-state index contributed by atoms with van der Waals surface area (Å²) in [6.07, 6.45) is 3.62. The number of hydrogen-bond acceptors (Lipinski definition) is 3. The van der Waals surface area contributed by atoms with Crippen molar-refractivity contribution in [1.82, 2.24) is 10.3 Å². The summed E-state index contributed by atoms with van der Waals surface area (Å²) in [6, 6.07) is 9.93. The van der Waals surface area contributed by atoms with Crippen LogP contribution < -0.4 is 10.1 Å². The third-order valence-electron chi connectivity index (χ3n) is 2.41. The van der Waals surface area contributed by atoms with E-state index in [9.17, 15) is 0 Å². The summed E-state index contributed by atoms with van der Waals surface area (Å²) in [6.45, 7) is 5.90. The van der Waals surface area contributed by atoms with E-state index in [1.54, 1.807) is 6.20 Å². The molecule has 17 heavy (non-hydrogen) atoms. The second-order valence-electron chi connectivity index (χ2n) is 3.70. The molecule has 3 heteroatoms. The fourth-order valence-corrected chi connectivity index (χ4v) is 1.58. The zero-order valence-corrected chi connectivity index (χ0v) is 9.73. The van der Waals surface area contributed by atoms with Crippen LogP contribution in [0.4, 0.5) is 0 Å². The Bertz CT molecular complexity index is 496. The lowest BCUT2D eigenvalue weighted by atomic mass is 10.2. The van der Waals surface area contributed by atoms with Gasteiger partial charge in [-0.2, -0.15) is 0 Å². The fraction of sp³-hybridized carbons (Fsp3) is 0.214. The van der Waals surface area contributed by atoms with Crippen LogP contribution in [0.1, 0.15) is 0 Å². The molecule has 3 nitrogen and oxygen atoms in total. The van der Waals surface area contributed by atoms with Crippen LogP contribution in [0.25, 0.3) is 10.9 Å². The average molecular weight is 228 g/mol. The van der Waals surface area contributed by atoms with Crippen molar-refractivity contribution in [3.8, 4) is 5.75 Å². The molecule has 0 fully saturated rings. The largest absolute Gasteiger partial charge is 0.492 e. The normalized spacial score (nSPS) is 10.4. The van der Waals surface area contributed by atoms with Crippen molar-refractivity contribution >= 4 is 10.9 Å². The molecule has 1 heterocycles. The SMILES string of the molecule is C=CCNCCOc1ccc2cccnc2c1. The first-order chi connectivity index (χ1) is 8.40. The lowest BCUT2D eigenvalue weighted by Crippen LogP contribution is -2.20. The van der Waals surface area contributed by atoms with Crippen LogP contribution >= 0.6 is 0 Å². The van der Waals surface area contributed by atoms with E-state index >= 15 is 0 Å². The maximum atomic E-state index is 5.62. The Kier molecular flexibility index (Phi) is 4.11. The molecule has 0 aliphatic carbocycles. The van der Waals surface area contributed by atoms with Crippen molar-refractivity contribution in [2.24, 2.45) is 0 Å². The molecule has 0 atom stereocenters. The Morgan fingerprint density at radius 1 is 1.35 bits per heavy atom. The topological polar surface area (TPSA) is 34.1 Å². The van der Waals surface area contributed by atoms with Crippen LogP contribution in [0.3, 0.4) is 0 Å². The zero-order chi connectivity index (χ0) is 11.9. The monoisotopic (exact) mass is 228 g/mol. The van der Waals surface area contributed by atoms with Gasteiger partial charge in [-0.15, -0.1) is 6.58 Å². The summed E-state index contributed by atoms with van der Waals surface area (Å²) in [4.78, 5) is 4.29. The van der Waals surface area contributed by atoms with E-state index in [-0.39, 0.29) is 0 Å². The molecule has 1 N–H and O–H groups in total. The minimum Gasteiger partial charge on any atom is -0.492 e. The summed E-state index contributed by atoms with van der Waals surface area (Å²) in [5.41, 5.74) is 0.962. The van der Waals surface area contributed by atoms with Gasteiger partial charge >= 0.3 is 0 Å². The van der Waals surface area contributed by atoms with Gasteiger partial charge in [0.05, 0.1) is 5.52 Å². The Morgan fingerprint density at radius 3 is 3.18 bits per heavy atom. The number of ether oxygens (including phenoxy) is 1. The van der Waals surface area contributed by atoms with Crippen LogP contribution in [0.15, 0.2) is 49.2 Å². The molecule has 0 amide bonds. The molecule has 1 aromatic heterocycles. The second kappa shape index (κ2) is 6.01. The summed E-state index contributed by atoms with van der Waals surface area (Å²) in [5.74, 6) is 0.858. The quantitative estimate of drug-likeness (QED) is 0.609. The van der Waals surface area contributed by atoms with Crippen LogP contribution in [-0.2, 0) is 0 Å². The van der Waals surface area contributed by atoms with Crippen LogP contribution in [0.2, 0.25) is 0 Å². The predicted octanol–water partition coefficient (Wildman–Crippen LogP) is 2.39. The number of aromatic nitrogens is 1. The van der Waals surface area contributed by atoms with Crippen molar-refractivity contribution < 1.29 is 4.74 Å². The highest BCUT2D eigenvalue weighted by Crippen LogP contribution is 2.18. The first-order valence-electron chi connectivity index (χ1n) is 5.69.